The van der Waals surface area contributed by atoms with Gasteiger partial charge >= 0.3 is 0 Å². The van der Waals surface area contributed by atoms with Gasteiger partial charge in [0.05, 0.1) is 0 Å². The van der Waals surface area contributed by atoms with Gasteiger partial charge in [-0.1, -0.05) is 30.3 Å². The molecule has 0 saturated carbocycles. The summed E-state index contributed by atoms with van der Waals surface area (Å²) in [6.07, 6.45) is 3.63. The number of halogens is 1. The fourth-order valence-electron chi connectivity index (χ4n) is 1.05. The monoisotopic (exact) mass is 282 g/mol. The molecule has 1 heterocycles. The molecule has 0 unspecified atom stereocenters. The van der Waals surface area contributed by atoms with E-state index in [1.807, 2.05) is 42.7 Å². The molecule has 2 rings (SSSR count). The Labute approximate surface area is 90.2 Å². The lowest BCUT2D eigenvalue weighted by molar-refractivity contribution is 1.16. The average Bonchev–Trinajstić information content (AvgIpc) is 2.20. The summed E-state index contributed by atoms with van der Waals surface area (Å²) in [7, 11) is 0. The van der Waals surface area contributed by atoms with Gasteiger partial charge in [0.1, 0.15) is 0 Å². The van der Waals surface area contributed by atoms with Gasteiger partial charge in [0.15, 0.2) is 5.82 Å². The van der Waals surface area contributed by atoms with Gasteiger partial charge in [-0.2, -0.15) is 0 Å². The molecule has 1 aromatic carbocycles. The van der Waals surface area contributed by atoms with Crippen molar-refractivity contribution in [2.45, 2.75) is 0 Å². The van der Waals surface area contributed by atoms with Gasteiger partial charge in [-0.3, -0.25) is 0 Å². The second-order valence-electron chi connectivity index (χ2n) is 2.59. The molecular formula is C10H7IN2. The van der Waals surface area contributed by atoms with Crippen molar-refractivity contribution in [1.29, 1.82) is 0 Å². The maximum atomic E-state index is 4.23. The van der Waals surface area contributed by atoms with Crippen LogP contribution in [0.2, 0.25) is 0 Å². The first-order valence-electron chi connectivity index (χ1n) is 3.89. The minimum absolute atomic E-state index is 0.779. The maximum Gasteiger partial charge on any atom is 0.159 e. The van der Waals surface area contributed by atoms with Gasteiger partial charge in [0, 0.05) is 21.5 Å². The van der Waals surface area contributed by atoms with Crippen LogP contribution in [0.3, 0.4) is 0 Å². The number of rotatable bonds is 1. The van der Waals surface area contributed by atoms with E-state index in [1.54, 1.807) is 0 Å². The Balaban J connectivity index is 2.42. The zero-order valence-corrected chi connectivity index (χ0v) is 8.97. The van der Waals surface area contributed by atoms with Crippen molar-refractivity contribution >= 4 is 22.6 Å². The molecule has 0 amide bonds. The van der Waals surface area contributed by atoms with Gasteiger partial charge in [-0.25, -0.2) is 9.97 Å². The molecule has 0 aliphatic carbocycles. The van der Waals surface area contributed by atoms with E-state index in [2.05, 4.69) is 32.6 Å². The van der Waals surface area contributed by atoms with E-state index in [4.69, 9.17) is 0 Å². The third kappa shape index (κ3) is 2.03. The predicted molar refractivity (Wildman–Crippen MR) is 60.2 cm³/mol. The molecule has 13 heavy (non-hydrogen) atoms. The molecule has 64 valence electrons. The molecule has 0 atom stereocenters. The van der Waals surface area contributed by atoms with Crippen LogP contribution in [0.25, 0.3) is 11.4 Å². The molecule has 0 fully saturated rings. The average molecular weight is 282 g/mol. The van der Waals surface area contributed by atoms with Crippen molar-refractivity contribution in [3.05, 3.63) is 46.3 Å². The van der Waals surface area contributed by atoms with Crippen molar-refractivity contribution < 1.29 is 0 Å². The third-order valence-electron chi connectivity index (χ3n) is 1.65. The highest BCUT2D eigenvalue weighted by Gasteiger charge is 1.97. The molecule has 2 aromatic rings. The maximum absolute atomic E-state index is 4.23. The molecule has 0 bridgehead atoms. The summed E-state index contributed by atoms with van der Waals surface area (Å²) in [5.41, 5.74) is 1.05. The van der Waals surface area contributed by atoms with E-state index in [-0.39, 0.29) is 0 Å². The summed E-state index contributed by atoms with van der Waals surface area (Å²) in [6.45, 7) is 0. The Bertz CT molecular complexity index is 383. The zero-order chi connectivity index (χ0) is 9.10. The number of hydrogen-bond acceptors (Lipinski definition) is 2. The fraction of sp³-hybridized carbons (Fsp3) is 0. The van der Waals surface area contributed by atoms with Crippen molar-refractivity contribution in [3.8, 4) is 11.4 Å². The molecule has 0 spiro atoms. The summed E-state index contributed by atoms with van der Waals surface area (Å²) in [5, 5.41) is 0. The molecule has 0 N–H and O–H groups in total. The predicted octanol–water partition coefficient (Wildman–Crippen LogP) is 2.75. The van der Waals surface area contributed by atoms with Crippen LogP contribution in [0, 0.1) is 3.57 Å². The number of aromatic nitrogens is 2. The summed E-state index contributed by atoms with van der Waals surface area (Å²) < 4.78 is 1.05. The Morgan fingerprint density at radius 2 is 1.54 bits per heavy atom. The highest BCUT2D eigenvalue weighted by atomic mass is 127. The van der Waals surface area contributed by atoms with E-state index in [0.717, 1.165) is 15.0 Å². The molecule has 0 aliphatic heterocycles. The van der Waals surface area contributed by atoms with E-state index >= 15 is 0 Å². The Morgan fingerprint density at radius 3 is 2.15 bits per heavy atom. The Kier molecular flexibility index (Phi) is 2.54. The van der Waals surface area contributed by atoms with Crippen molar-refractivity contribution in [3.63, 3.8) is 0 Å². The van der Waals surface area contributed by atoms with E-state index in [9.17, 15) is 0 Å². The topological polar surface area (TPSA) is 25.8 Å². The normalized spacial score (nSPS) is 9.92. The Morgan fingerprint density at radius 1 is 0.923 bits per heavy atom. The van der Waals surface area contributed by atoms with Crippen LogP contribution in [0.4, 0.5) is 0 Å². The standard InChI is InChI=1S/C10H7IN2/c11-9-6-12-10(13-7-9)8-4-2-1-3-5-8/h1-7H. The van der Waals surface area contributed by atoms with Crippen LogP contribution in [-0.2, 0) is 0 Å². The van der Waals surface area contributed by atoms with Crippen LogP contribution in [0.15, 0.2) is 42.7 Å². The van der Waals surface area contributed by atoms with Crippen LogP contribution in [0.1, 0.15) is 0 Å². The van der Waals surface area contributed by atoms with Crippen LogP contribution < -0.4 is 0 Å². The smallest absolute Gasteiger partial charge is 0.159 e. The fourth-order valence-corrected chi connectivity index (χ4v) is 1.33. The lowest BCUT2D eigenvalue weighted by Crippen LogP contribution is -1.87. The SMILES string of the molecule is Ic1cnc(-c2ccccc2)nc1. The van der Waals surface area contributed by atoms with Gasteiger partial charge < -0.3 is 0 Å². The second kappa shape index (κ2) is 3.83. The van der Waals surface area contributed by atoms with Crippen molar-refractivity contribution in [1.82, 2.24) is 9.97 Å². The Hall–Kier alpha value is -0.970. The summed E-state index contributed by atoms with van der Waals surface area (Å²) >= 11 is 2.19. The first-order chi connectivity index (χ1) is 6.36. The highest BCUT2D eigenvalue weighted by Crippen LogP contribution is 2.13. The lowest BCUT2D eigenvalue weighted by Gasteiger charge is -1.97. The minimum Gasteiger partial charge on any atom is -0.235 e. The quantitative estimate of drug-likeness (QED) is 0.752. The summed E-state index contributed by atoms with van der Waals surface area (Å²) in [4.78, 5) is 8.46. The number of nitrogens with zero attached hydrogens (tertiary/aromatic N) is 2. The van der Waals surface area contributed by atoms with Gasteiger partial charge in [0.2, 0.25) is 0 Å². The summed E-state index contributed by atoms with van der Waals surface area (Å²) in [6, 6.07) is 9.95. The number of benzene rings is 1. The molecule has 0 radical (unpaired) electrons. The van der Waals surface area contributed by atoms with Crippen LogP contribution in [0.5, 0.6) is 0 Å². The van der Waals surface area contributed by atoms with E-state index in [1.165, 1.54) is 0 Å². The third-order valence-corrected chi connectivity index (χ3v) is 2.21. The molecule has 2 nitrogen and oxygen atoms in total. The molecule has 0 saturated heterocycles. The first-order valence-corrected chi connectivity index (χ1v) is 4.97. The largest absolute Gasteiger partial charge is 0.235 e. The highest BCUT2D eigenvalue weighted by molar-refractivity contribution is 14.1. The van der Waals surface area contributed by atoms with E-state index < -0.39 is 0 Å². The van der Waals surface area contributed by atoms with Crippen LogP contribution >= 0.6 is 22.6 Å². The number of hydrogen-bond donors (Lipinski definition) is 0. The van der Waals surface area contributed by atoms with Crippen molar-refractivity contribution in [2.24, 2.45) is 0 Å². The molecule has 3 heteroatoms. The lowest BCUT2D eigenvalue weighted by atomic mass is 10.2. The van der Waals surface area contributed by atoms with Gasteiger partial charge in [-0.05, 0) is 22.6 Å². The molecule has 0 aliphatic rings. The van der Waals surface area contributed by atoms with Gasteiger partial charge in [-0.15, -0.1) is 0 Å². The van der Waals surface area contributed by atoms with Crippen LogP contribution in [-0.4, -0.2) is 9.97 Å². The summed E-state index contributed by atoms with van der Waals surface area (Å²) in [5.74, 6) is 0.779. The molecular weight excluding hydrogens is 275 g/mol. The van der Waals surface area contributed by atoms with E-state index in [0.29, 0.717) is 0 Å². The van der Waals surface area contributed by atoms with Gasteiger partial charge in [0.25, 0.3) is 0 Å². The second-order valence-corrected chi connectivity index (χ2v) is 3.84. The minimum atomic E-state index is 0.779. The van der Waals surface area contributed by atoms with Crippen molar-refractivity contribution in [2.75, 3.05) is 0 Å². The first kappa shape index (κ1) is 8.62. The zero-order valence-electron chi connectivity index (χ0n) is 6.81. The molecule has 1 aromatic heterocycles.